The molecule has 6 nitrogen and oxygen atoms in total. The van der Waals surface area contributed by atoms with Gasteiger partial charge in [-0.2, -0.15) is 0 Å². The van der Waals surface area contributed by atoms with Crippen molar-refractivity contribution in [1.29, 1.82) is 0 Å². The Bertz CT molecular complexity index is 743. The van der Waals surface area contributed by atoms with E-state index in [-0.39, 0.29) is 17.4 Å². The molecule has 1 aromatic heterocycles. The van der Waals surface area contributed by atoms with Crippen molar-refractivity contribution < 1.29 is 19.1 Å². The zero-order valence-corrected chi connectivity index (χ0v) is 13.4. The van der Waals surface area contributed by atoms with Gasteiger partial charge in [0.05, 0.1) is 6.61 Å². The number of benzene rings is 1. The van der Waals surface area contributed by atoms with Crippen LogP contribution in [0.3, 0.4) is 0 Å². The van der Waals surface area contributed by atoms with Gasteiger partial charge in [0.1, 0.15) is 11.3 Å². The SMILES string of the molecule is CCOc1ncccc1C(=O)Oc1ccc(N2CCCC2=O)cc1. The molecule has 0 bridgehead atoms. The highest BCUT2D eigenvalue weighted by molar-refractivity contribution is 5.95. The number of esters is 1. The maximum atomic E-state index is 12.3. The molecule has 0 unspecified atom stereocenters. The van der Waals surface area contributed by atoms with E-state index in [2.05, 4.69) is 4.98 Å². The second-order valence-electron chi connectivity index (χ2n) is 5.32. The Labute approximate surface area is 140 Å². The fourth-order valence-electron chi connectivity index (χ4n) is 2.58. The van der Waals surface area contributed by atoms with Gasteiger partial charge >= 0.3 is 5.97 Å². The number of ether oxygens (including phenoxy) is 2. The van der Waals surface area contributed by atoms with E-state index in [0.29, 0.717) is 18.8 Å². The molecule has 1 amide bonds. The Balaban J connectivity index is 1.72. The van der Waals surface area contributed by atoms with Crippen LogP contribution in [0.15, 0.2) is 42.6 Å². The first-order chi connectivity index (χ1) is 11.7. The van der Waals surface area contributed by atoms with Gasteiger partial charge in [-0.15, -0.1) is 0 Å². The minimum atomic E-state index is -0.531. The predicted octanol–water partition coefficient (Wildman–Crippen LogP) is 2.83. The number of anilines is 1. The molecule has 6 heteroatoms. The van der Waals surface area contributed by atoms with Gasteiger partial charge in [0.15, 0.2) is 0 Å². The first-order valence-corrected chi connectivity index (χ1v) is 7.89. The molecule has 24 heavy (non-hydrogen) atoms. The molecule has 2 aromatic rings. The molecule has 0 saturated carbocycles. The minimum Gasteiger partial charge on any atom is -0.477 e. The topological polar surface area (TPSA) is 68.7 Å². The van der Waals surface area contributed by atoms with Crippen LogP contribution in [0.1, 0.15) is 30.1 Å². The number of carbonyl (C=O) groups is 2. The van der Waals surface area contributed by atoms with Crippen LogP contribution in [0.5, 0.6) is 11.6 Å². The third-order valence-electron chi connectivity index (χ3n) is 3.70. The Morgan fingerprint density at radius 3 is 2.71 bits per heavy atom. The summed E-state index contributed by atoms with van der Waals surface area (Å²) in [5.41, 5.74) is 1.09. The van der Waals surface area contributed by atoms with Gasteiger partial charge in [0.25, 0.3) is 0 Å². The predicted molar refractivity (Wildman–Crippen MR) is 88.4 cm³/mol. The van der Waals surface area contributed by atoms with Crippen molar-refractivity contribution in [3.63, 3.8) is 0 Å². The van der Waals surface area contributed by atoms with E-state index in [9.17, 15) is 9.59 Å². The molecular formula is C18H18N2O4. The Morgan fingerprint density at radius 1 is 1.25 bits per heavy atom. The Morgan fingerprint density at radius 2 is 2.04 bits per heavy atom. The van der Waals surface area contributed by atoms with Crippen molar-refractivity contribution >= 4 is 17.6 Å². The molecule has 1 aliphatic heterocycles. The maximum Gasteiger partial charge on any atom is 0.349 e. The van der Waals surface area contributed by atoms with E-state index in [1.165, 1.54) is 0 Å². The van der Waals surface area contributed by atoms with Gasteiger partial charge in [-0.3, -0.25) is 4.79 Å². The van der Waals surface area contributed by atoms with Crippen LogP contribution in [0.4, 0.5) is 5.69 Å². The molecule has 0 N–H and O–H groups in total. The highest BCUT2D eigenvalue weighted by atomic mass is 16.5. The number of hydrogen-bond donors (Lipinski definition) is 0. The number of amides is 1. The molecule has 1 saturated heterocycles. The Hall–Kier alpha value is -2.89. The third kappa shape index (κ3) is 3.37. The quantitative estimate of drug-likeness (QED) is 0.624. The summed E-state index contributed by atoms with van der Waals surface area (Å²) in [6, 6.07) is 10.2. The van der Waals surface area contributed by atoms with Gasteiger partial charge in [0, 0.05) is 24.8 Å². The molecule has 124 valence electrons. The zero-order chi connectivity index (χ0) is 16.9. The maximum absolute atomic E-state index is 12.3. The van der Waals surface area contributed by atoms with Gasteiger partial charge < -0.3 is 14.4 Å². The van der Waals surface area contributed by atoms with Crippen LogP contribution in [-0.4, -0.2) is 30.0 Å². The number of aromatic nitrogens is 1. The summed E-state index contributed by atoms with van der Waals surface area (Å²) < 4.78 is 10.7. The number of rotatable bonds is 5. The van der Waals surface area contributed by atoms with Gasteiger partial charge in [-0.25, -0.2) is 9.78 Å². The van der Waals surface area contributed by atoms with Crippen LogP contribution in [0.2, 0.25) is 0 Å². The number of hydrogen-bond acceptors (Lipinski definition) is 5. The molecule has 0 spiro atoms. The molecule has 1 fully saturated rings. The average Bonchev–Trinajstić information content (AvgIpc) is 3.02. The van der Waals surface area contributed by atoms with Crippen molar-refractivity contribution in [1.82, 2.24) is 4.98 Å². The first kappa shape index (κ1) is 16.0. The average molecular weight is 326 g/mol. The molecule has 2 heterocycles. The van der Waals surface area contributed by atoms with Gasteiger partial charge in [-0.05, 0) is 49.7 Å². The van der Waals surface area contributed by atoms with Crippen LogP contribution < -0.4 is 14.4 Å². The van der Waals surface area contributed by atoms with Crippen LogP contribution >= 0.6 is 0 Å². The fourth-order valence-corrected chi connectivity index (χ4v) is 2.58. The second kappa shape index (κ2) is 7.12. The summed E-state index contributed by atoms with van der Waals surface area (Å²) in [5.74, 6) is 0.249. The van der Waals surface area contributed by atoms with Crippen LogP contribution in [0, 0.1) is 0 Å². The summed E-state index contributed by atoms with van der Waals surface area (Å²) in [5, 5.41) is 0. The second-order valence-corrected chi connectivity index (χ2v) is 5.32. The van der Waals surface area contributed by atoms with Crippen LogP contribution in [0.25, 0.3) is 0 Å². The monoisotopic (exact) mass is 326 g/mol. The number of nitrogens with zero attached hydrogens (tertiary/aromatic N) is 2. The minimum absolute atomic E-state index is 0.122. The summed E-state index contributed by atoms with van der Waals surface area (Å²) in [6.45, 7) is 2.96. The molecule has 0 radical (unpaired) electrons. The highest BCUT2D eigenvalue weighted by Gasteiger charge is 2.22. The molecule has 0 atom stereocenters. The van der Waals surface area contributed by atoms with Crippen molar-refractivity contribution in [3.8, 4) is 11.6 Å². The largest absolute Gasteiger partial charge is 0.477 e. The summed E-state index contributed by atoms with van der Waals surface area (Å²) >= 11 is 0. The molecular weight excluding hydrogens is 308 g/mol. The van der Waals surface area contributed by atoms with Crippen molar-refractivity contribution in [3.05, 3.63) is 48.2 Å². The zero-order valence-electron chi connectivity index (χ0n) is 13.4. The normalized spacial score (nSPS) is 13.9. The molecule has 3 rings (SSSR count). The molecule has 1 aliphatic rings. The van der Waals surface area contributed by atoms with E-state index >= 15 is 0 Å². The third-order valence-corrected chi connectivity index (χ3v) is 3.70. The van der Waals surface area contributed by atoms with Gasteiger partial charge in [-0.1, -0.05) is 0 Å². The van der Waals surface area contributed by atoms with E-state index in [4.69, 9.17) is 9.47 Å². The van der Waals surface area contributed by atoms with Crippen LogP contribution in [-0.2, 0) is 4.79 Å². The summed E-state index contributed by atoms with van der Waals surface area (Å²) in [4.78, 5) is 29.8. The Kier molecular flexibility index (Phi) is 4.74. The number of pyridine rings is 1. The lowest BCUT2D eigenvalue weighted by molar-refractivity contribution is -0.117. The van der Waals surface area contributed by atoms with E-state index < -0.39 is 5.97 Å². The van der Waals surface area contributed by atoms with Crippen molar-refractivity contribution in [2.45, 2.75) is 19.8 Å². The van der Waals surface area contributed by atoms with Crippen molar-refractivity contribution in [2.75, 3.05) is 18.1 Å². The summed E-state index contributed by atoms with van der Waals surface area (Å²) in [7, 11) is 0. The smallest absolute Gasteiger partial charge is 0.349 e. The van der Waals surface area contributed by atoms with E-state index in [1.54, 1.807) is 47.5 Å². The van der Waals surface area contributed by atoms with Crippen molar-refractivity contribution in [2.24, 2.45) is 0 Å². The lowest BCUT2D eigenvalue weighted by atomic mass is 10.2. The highest BCUT2D eigenvalue weighted by Crippen LogP contribution is 2.25. The lowest BCUT2D eigenvalue weighted by Gasteiger charge is -2.16. The van der Waals surface area contributed by atoms with E-state index in [1.807, 2.05) is 6.92 Å². The molecule has 0 aliphatic carbocycles. The fraction of sp³-hybridized carbons (Fsp3) is 0.278. The standard InChI is InChI=1S/C18H18N2O4/c1-2-23-17-15(5-3-11-19-17)18(22)24-14-9-7-13(8-10-14)20-12-4-6-16(20)21/h3,5,7-11H,2,4,6,12H2,1H3. The lowest BCUT2D eigenvalue weighted by Crippen LogP contribution is -2.23. The number of carbonyl (C=O) groups excluding carboxylic acids is 2. The molecule has 1 aromatic carbocycles. The summed E-state index contributed by atoms with van der Waals surface area (Å²) in [6.07, 6.45) is 3.01. The van der Waals surface area contributed by atoms with E-state index in [0.717, 1.165) is 18.7 Å². The first-order valence-electron chi connectivity index (χ1n) is 7.89. The van der Waals surface area contributed by atoms with Gasteiger partial charge in [0.2, 0.25) is 11.8 Å².